The van der Waals surface area contributed by atoms with Gasteiger partial charge in [0.1, 0.15) is 0 Å². The standard InChI is InChI=1S/C20H29N3O2/c24-19(6-5-16-3-1-2-4-16)22-15-17-9-13-23(14-10-17)20(25)18-7-11-21-12-8-18/h7-8,11-12,16-17H,1-6,9-10,13-15H2,(H,22,24). The minimum Gasteiger partial charge on any atom is -0.356 e. The lowest BCUT2D eigenvalue weighted by molar-refractivity contribution is -0.121. The van der Waals surface area contributed by atoms with E-state index in [2.05, 4.69) is 10.3 Å². The van der Waals surface area contributed by atoms with Crippen LogP contribution in [0.1, 0.15) is 61.7 Å². The first kappa shape index (κ1) is 17.9. The van der Waals surface area contributed by atoms with Gasteiger partial charge in [0.2, 0.25) is 5.91 Å². The summed E-state index contributed by atoms with van der Waals surface area (Å²) >= 11 is 0. The molecule has 2 heterocycles. The molecular weight excluding hydrogens is 314 g/mol. The molecule has 2 amide bonds. The average Bonchev–Trinajstić information content (AvgIpc) is 3.19. The van der Waals surface area contributed by atoms with E-state index in [1.54, 1.807) is 24.5 Å². The van der Waals surface area contributed by atoms with Gasteiger partial charge in [-0.1, -0.05) is 25.7 Å². The van der Waals surface area contributed by atoms with E-state index in [1.165, 1.54) is 25.7 Å². The Morgan fingerprint density at radius 2 is 1.72 bits per heavy atom. The van der Waals surface area contributed by atoms with E-state index in [9.17, 15) is 9.59 Å². The molecule has 0 spiro atoms. The second-order valence-corrected chi connectivity index (χ2v) is 7.46. The molecule has 2 aliphatic rings. The van der Waals surface area contributed by atoms with Gasteiger partial charge in [0, 0.05) is 44.0 Å². The van der Waals surface area contributed by atoms with Gasteiger partial charge in [0.05, 0.1) is 0 Å². The Labute approximate surface area is 150 Å². The molecule has 25 heavy (non-hydrogen) atoms. The number of nitrogens with one attached hydrogen (secondary N) is 1. The lowest BCUT2D eigenvalue weighted by Crippen LogP contribution is -2.41. The Hall–Kier alpha value is -1.91. The van der Waals surface area contributed by atoms with Crippen LogP contribution in [0.3, 0.4) is 0 Å². The van der Waals surface area contributed by atoms with Crippen LogP contribution in [0.25, 0.3) is 0 Å². The van der Waals surface area contributed by atoms with E-state index in [0.29, 0.717) is 17.9 Å². The van der Waals surface area contributed by atoms with Crippen molar-refractivity contribution in [3.05, 3.63) is 30.1 Å². The lowest BCUT2D eigenvalue weighted by Gasteiger charge is -2.32. The quantitative estimate of drug-likeness (QED) is 0.863. The summed E-state index contributed by atoms with van der Waals surface area (Å²) in [5.74, 6) is 1.54. The van der Waals surface area contributed by atoms with E-state index in [1.807, 2.05) is 4.90 Å². The highest BCUT2D eigenvalue weighted by molar-refractivity contribution is 5.94. The van der Waals surface area contributed by atoms with Gasteiger partial charge in [0.25, 0.3) is 5.91 Å². The first-order valence-electron chi connectivity index (χ1n) is 9.68. The fourth-order valence-corrected chi connectivity index (χ4v) is 4.00. The molecule has 0 radical (unpaired) electrons. The maximum absolute atomic E-state index is 12.4. The zero-order valence-corrected chi connectivity index (χ0v) is 15.0. The molecule has 3 rings (SSSR count). The molecule has 2 fully saturated rings. The number of rotatable bonds is 6. The molecule has 1 N–H and O–H groups in total. The largest absolute Gasteiger partial charge is 0.356 e. The van der Waals surface area contributed by atoms with E-state index >= 15 is 0 Å². The van der Waals surface area contributed by atoms with Gasteiger partial charge in [0.15, 0.2) is 0 Å². The average molecular weight is 343 g/mol. The van der Waals surface area contributed by atoms with Crippen LogP contribution in [0.4, 0.5) is 0 Å². The van der Waals surface area contributed by atoms with Crippen molar-refractivity contribution in [1.29, 1.82) is 0 Å². The summed E-state index contributed by atoms with van der Waals surface area (Å²) < 4.78 is 0. The molecule has 5 heteroatoms. The van der Waals surface area contributed by atoms with E-state index in [0.717, 1.165) is 44.8 Å². The van der Waals surface area contributed by atoms with Crippen LogP contribution >= 0.6 is 0 Å². The van der Waals surface area contributed by atoms with Gasteiger partial charge in [-0.25, -0.2) is 0 Å². The van der Waals surface area contributed by atoms with Gasteiger partial charge in [-0.05, 0) is 43.2 Å². The second-order valence-electron chi connectivity index (χ2n) is 7.46. The number of pyridine rings is 1. The Balaban J connectivity index is 1.33. The summed E-state index contributed by atoms with van der Waals surface area (Å²) in [6.07, 6.45) is 12.2. The SMILES string of the molecule is O=C(CCC1CCCC1)NCC1CCN(C(=O)c2ccncc2)CC1. The van der Waals surface area contributed by atoms with Crippen molar-refractivity contribution in [3.8, 4) is 0 Å². The molecule has 1 saturated heterocycles. The fraction of sp³-hybridized carbons (Fsp3) is 0.650. The zero-order valence-electron chi connectivity index (χ0n) is 15.0. The van der Waals surface area contributed by atoms with Crippen molar-refractivity contribution < 1.29 is 9.59 Å². The van der Waals surface area contributed by atoms with Crippen molar-refractivity contribution >= 4 is 11.8 Å². The minimum absolute atomic E-state index is 0.0847. The molecule has 0 atom stereocenters. The highest BCUT2D eigenvalue weighted by Crippen LogP contribution is 2.28. The Bertz CT molecular complexity index is 562. The Kier molecular flexibility index (Phi) is 6.42. The number of likely N-dealkylation sites (tertiary alicyclic amines) is 1. The third-order valence-corrected chi connectivity index (χ3v) is 5.67. The topological polar surface area (TPSA) is 62.3 Å². The third-order valence-electron chi connectivity index (χ3n) is 5.67. The number of carbonyl (C=O) groups excluding carboxylic acids is 2. The Morgan fingerprint density at radius 3 is 2.40 bits per heavy atom. The summed E-state index contributed by atoms with van der Waals surface area (Å²) in [5.41, 5.74) is 0.702. The van der Waals surface area contributed by atoms with Gasteiger partial charge < -0.3 is 10.2 Å². The summed E-state index contributed by atoms with van der Waals surface area (Å²) in [4.78, 5) is 30.3. The predicted octanol–water partition coefficient (Wildman–Crippen LogP) is 3.02. The number of hydrogen-bond donors (Lipinski definition) is 1. The summed E-state index contributed by atoms with van der Waals surface area (Å²) in [5, 5.41) is 3.10. The number of hydrogen-bond acceptors (Lipinski definition) is 3. The summed E-state index contributed by atoms with van der Waals surface area (Å²) in [6.45, 7) is 2.29. The van der Waals surface area contributed by atoms with Gasteiger partial charge in [-0.15, -0.1) is 0 Å². The van der Waals surface area contributed by atoms with Crippen molar-refractivity contribution in [2.75, 3.05) is 19.6 Å². The van der Waals surface area contributed by atoms with Crippen molar-refractivity contribution in [1.82, 2.24) is 15.2 Å². The number of aromatic nitrogens is 1. The maximum Gasteiger partial charge on any atom is 0.253 e. The van der Waals surface area contributed by atoms with Crippen LogP contribution in [-0.4, -0.2) is 41.3 Å². The molecule has 1 aromatic rings. The van der Waals surface area contributed by atoms with Crippen molar-refractivity contribution in [2.45, 2.75) is 51.4 Å². The van der Waals surface area contributed by atoms with E-state index < -0.39 is 0 Å². The predicted molar refractivity (Wildman–Crippen MR) is 97.1 cm³/mol. The third kappa shape index (κ3) is 5.28. The molecule has 1 aliphatic heterocycles. The Morgan fingerprint density at radius 1 is 1.04 bits per heavy atom. The molecule has 1 aliphatic carbocycles. The minimum atomic E-state index is 0.0847. The number of nitrogens with zero attached hydrogens (tertiary/aromatic N) is 2. The normalized spacial score (nSPS) is 19.1. The van der Waals surface area contributed by atoms with Crippen LogP contribution in [-0.2, 0) is 4.79 Å². The van der Waals surface area contributed by atoms with Crippen LogP contribution in [0, 0.1) is 11.8 Å². The summed E-state index contributed by atoms with van der Waals surface area (Å²) in [6, 6.07) is 3.53. The maximum atomic E-state index is 12.4. The molecule has 0 aromatic carbocycles. The molecule has 0 bridgehead atoms. The highest BCUT2D eigenvalue weighted by atomic mass is 16.2. The molecule has 1 aromatic heterocycles. The van der Waals surface area contributed by atoms with E-state index in [-0.39, 0.29) is 11.8 Å². The zero-order chi connectivity index (χ0) is 17.5. The molecule has 136 valence electrons. The second kappa shape index (κ2) is 8.97. The number of amides is 2. The van der Waals surface area contributed by atoms with Crippen LogP contribution in [0.15, 0.2) is 24.5 Å². The molecular formula is C20H29N3O2. The molecule has 1 saturated carbocycles. The molecule has 0 unspecified atom stereocenters. The first-order valence-corrected chi connectivity index (χ1v) is 9.68. The van der Waals surface area contributed by atoms with Crippen LogP contribution in [0.5, 0.6) is 0 Å². The summed E-state index contributed by atoms with van der Waals surface area (Å²) in [7, 11) is 0. The van der Waals surface area contributed by atoms with Crippen LogP contribution < -0.4 is 5.32 Å². The molecule has 5 nitrogen and oxygen atoms in total. The first-order chi connectivity index (χ1) is 12.2. The lowest BCUT2D eigenvalue weighted by atomic mass is 9.96. The van der Waals surface area contributed by atoms with Crippen molar-refractivity contribution in [2.24, 2.45) is 11.8 Å². The van der Waals surface area contributed by atoms with Gasteiger partial charge in [-0.2, -0.15) is 0 Å². The van der Waals surface area contributed by atoms with Gasteiger partial charge in [-0.3, -0.25) is 14.6 Å². The fourth-order valence-electron chi connectivity index (χ4n) is 4.00. The smallest absolute Gasteiger partial charge is 0.253 e. The van der Waals surface area contributed by atoms with E-state index in [4.69, 9.17) is 0 Å². The van der Waals surface area contributed by atoms with Gasteiger partial charge >= 0.3 is 0 Å². The number of carbonyl (C=O) groups is 2. The van der Waals surface area contributed by atoms with Crippen LogP contribution in [0.2, 0.25) is 0 Å². The monoisotopic (exact) mass is 343 g/mol. The highest BCUT2D eigenvalue weighted by Gasteiger charge is 2.24. The number of piperidine rings is 1. The van der Waals surface area contributed by atoms with Crippen molar-refractivity contribution in [3.63, 3.8) is 0 Å².